The van der Waals surface area contributed by atoms with Crippen molar-refractivity contribution in [3.05, 3.63) is 84.4 Å². The zero-order valence-electron chi connectivity index (χ0n) is 17.7. The lowest BCUT2D eigenvalue weighted by Crippen LogP contribution is -2.03. The van der Waals surface area contributed by atoms with Gasteiger partial charge in [0.2, 0.25) is 0 Å². The highest BCUT2D eigenvalue weighted by molar-refractivity contribution is 7.99. The molecule has 4 rings (SSSR count). The molecule has 0 fully saturated rings. The minimum absolute atomic E-state index is 0.588. The van der Waals surface area contributed by atoms with Gasteiger partial charge in [-0.3, -0.25) is 4.57 Å². The summed E-state index contributed by atoms with van der Waals surface area (Å²) in [5.74, 6) is 3.30. The van der Waals surface area contributed by atoms with E-state index >= 15 is 0 Å². The molecule has 6 heteroatoms. The molecule has 3 aromatic carbocycles. The van der Waals surface area contributed by atoms with Crippen LogP contribution < -0.4 is 9.47 Å². The molecule has 158 valence electrons. The molecular weight excluding hydrogens is 406 g/mol. The molecule has 0 bridgehead atoms. The number of hydrogen-bond donors (Lipinski definition) is 0. The monoisotopic (exact) mass is 431 g/mol. The number of rotatable bonds is 9. The van der Waals surface area contributed by atoms with Crippen molar-refractivity contribution >= 4 is 11.8 Å². The molecule has 0 aliphatic heterocycles. The van der Waals surface area contributed by atoms with Gasteiger partial charge in [0.05, 0.1) is 13.2 Å². The van der Waals surface area contributed by atoms with Crippen molar-refractivity contribution in [3.8, 4) is 28.6 Å². The first kappa shape index (κ1) is 21.0. The van der Waals surface area contributed by atoms with Crippen molar-refractivity contribution < 1.29 is 9.47 Å². The van der Waals surface area contributed by atoms with Crippen LogP contribution in [0.1, 0.15) is 12.5 Å². The molecule has 0 aliphatic carbocycles. The fourth-order valence-electron chi connectivity index (χ4n) is 3.16. The number of aryl methyl sites for hydroxylation is 1. The van der Waals surface area contributed by atoms with Crippen molar-refractivity contribution in [2.75, 3.05) is 19.0 Å². The van der Waals surface area contributed by atoms with Crippen LogP contribution in [0.5, 0.6) is 11.5 Å². The molecule has 0 saturated heterocycles. The Morgan fingerprint density at radius 2 is 1.48 bits per heavy atom. The van der Waals surface area contributed by atoms with Gasteiger partial charge in [-0.25, -0.2) is 0 Å². The number of thioether (sulfide) groups is 1. The molecule has 0 N–H and O–H groups in total. The molecule has 0 spiro atoms. The van der Waals surface area contributed by atoms with E-state index in [1.54, 1.807) is 11.8 Å². The molecule has 5 nitrogen and oxygen atoms in total. The largest absolute Gasteiger partial charge is 0.494 e. The zero-order valence-corrected chi connectivity index (χ0v) is 18.5. The first-order valence-corrected chi connectivity index (χ1v) is 11.3. The van der Waals surface area contributed by atoms with Crippen LogP contribution in [0, 0.1) is 6.92 Å². The molecule has 0 saturated carbocycles. The summed E-state index contributed by atoms with van der Waals surface area (Å²) < 4.78 is 13.5. The highest BCUT2D eigenvalue weighted by Gasteiger charge is 2.16. The Hall–Kier alpha value is -3.25. The third-order valence-electron chi connectivity index (χ3n) is 4.68. The maximum atomic E-state index is 5.87. The maximum absolute atomic E-state index is 5.87. The van der Waals surface area contributed by atoms with Crippen LogP contribution in [0.3, 0.4) is 0 Å². The Labute approximate surface area is 187 Å². The third-order valence-corrected chi connectivity index (χ3v) is 5.57. The summed E-state index contributed by atoms with van der Waals surface area (Å²) in [5, 5.41) is 9.79. The Morgan fingerprint density at radius 3 is 2.19 bits per heavy atom. The van der Waals surface area contributed by atoms with Crippen molar-refractivity contribution in [3.63, 3.8) is 0 Å². The molecule has 0 atom stereocenters. The molecule has 31 heavy (non-hydrogen) atoms. The highest BCUT2D eigenvalue weighted by Crippen LogP contribution is 2.29. The lowest BCUT2D eigenvalue weighted by molar-refractivity contribution is 0.340. The van der Waals surface area contributed by atoms with Crippen LogP contribution in [0.4, 0.5) is 0 Å². The minimum Gasteiger partial charge on any atom is -0.494 e. The van der Waals surface area contributed by atoms with Gasteiger partial charge in [-0.1, -0.05) is 59.8 Å². The van der Waals surface area contributed by atoms with E-state index < -0.39 is 0 Å². The Bertz CT molecular complexity index is 1090. The van der Waals surface area contributed by atoms with Gasteiger partial charge in [0.1, 0.15) is 11.5 Å². The molecule has 0 amide bonds. The van der Waals surface area contributed by atoms with E-state index in [0.29, 0.717) is 13.2 Å². The Balaban J connectivity index is 1.54. The summed E-state index contributed by atoms with van der Waals surface area (Å²) in [7, 11) is 0. The zero-order chi connectivity index (χ0) is 21.5. The van der Waals surface area contributed by atoms with Gasteiger partial charge in [-0.2, -0.15) is 0 Å². The maximum Gasteiger partial charge on any atom is 0.196 e. The predicted molar refractivity (Wildman–Crippen MR) is 125 cm³/mol. The van der Waals surface area contributed by atoms with Crippen molar-refractivity contribution in [1.29, 1.82) is 0 Å². The summed E-state index contributed by atoms with van der Waals surface area (Å²) in [6.45, 7) is 5.28. The second-order valence-corrected chi connectivity index (χ2v) is 8.01. The average Bonchev–Trinajstić information content (AvgIpc) is 3.23. The standard InChI is InChI=1S/C25H25N3O2S/c1-3-29-22-15-11-21(12-16-22)28-24(20-7-5-4-6-8-20)26-27-25(28)31-18-17-30-23-13-9-19(2)10-14-23/h4-16H,3,17-18H2,1-2H3. The van der Waals surface area contributed by atoms with Crippen LogP contribution in [0.15, 0.2) is 84.0 Å². The topological polar surface area (TPSA) is 49.2 Å². The van der Waals surface area contributed by atoms with Gasteiger partial charge in [-0.15, -0.1) is 10.2 Å². The summed E-state index contributed by atoms with van der Waals surface area (Å²) >= 11 is 1.63. The van der Waals surface area contributed by atoms with Crippen molar-refractivity contribution in [2.24, 2.45) is 0 Å². The van der Waals surface area contributed by atoms with Crippen LogP contribution in [-0.4, -0.2) is 33.7 Å². The summed E-state index contributed by atoms with van der Waals surface area (Å²) in [6.07, 6.45) is 0. The number of ether oxygens (including phenoxy) is 2. The van der Waals surface area contributed by atoms with E-state index in [4.69, 9.17) is 9.47 Å². The fourth-order valence-corrected chi connectivity index (χ4v) is 3.92. The van der Waals surface area contributed by atoms with E-state index in [0.717, 1.165) is 39.5 Å². The van der Waals surface area contributed by atoms with Gasteiger partial charge in [0.15, 0.2) is 11.0 Å². The highest BCUT2D eigenvalue weighted by atomic mass is 32.2. The normalized spacial score (nSPS) is 10.8. The molecule has 0 unspecified atom stereocenters. The van der Waals surface area contributed by atoms with E-state index in [-0.39, 0.29) is 0 Å². The SMILES string of the molecule is CCOc1ccc(-n2c(SCCOc3ccc(C)cc3)nnc2-c2ccccc2)cc1. The van der Waals surface area contributed by atoms with Gasteiger partial charge in [0.25, 0.3) is 0 Å². The molecule has 0 radical (unpaired) electrons. The van der Waals surface area contributed by atoms with Gasteiger partial charge in [0, 0.05) is 17.0 Å². The molecule has 4 aromatic rings. The predicted octanol–water partition coefficient (Wildman–Crippen LogP) is 5.81. The van der Waals surface area contributed by atoms with Gasteiger partial charge >= 0.3 is 0 Å². The first-order chi connectivity index (χ1) is 15.2. The van der Waals surface area contributed by atoms with Crippen molar-refractivity contribution in [2.45, 2.75) is 19.0 Å². The van der Waals surface area contributed by atoms with Crippen LogP contribution in [0.25, 0.3) is 17.1 Å². The molecule has 1 heterocycles. The molecule has 1 aromatic heterocycles. The summed E-state index contributed by atoms with van der Waals surface area (Å²) in [4.78, 5) is 0. The second kappa shape index (κ2) is 10.2. The summed E-state index contributed by atoms with van der Waals surface area (Å²) in [5.41, 5.74) is 3.24. The average molecular weight is 432 g/mol. The van der Waals surface area contributed by atoms with Crippen LogP contribution >= 0.6 is 11.8 Å². The van der Waals surface area contributed by atoms with E-state index in [9.17, 15) is 0 Å². The van der Waals surface area contributed by atoms with E-state index in [2.05, 4.69) is 33.8 Å². The quantitative estimate of drug-likeness (QED) is 0.247. The lowest BCUT2D eigenvalue weighted by Gasteiger charge is -2.12. The first-order valence-electron chi connectivity index (χ1n) is 10.3. The number of benzene rings is 3. The number of nitrogens with zero attached hydrogens (tertiary/aromatic N) is 3. The Kier molecular flexibility index (Phi) is 6.89. The van der Waals surface area contributed by atoms with E-state index in [1.807, 2.05) is 73.7 Å². The summed E-state index contributed by atoms with van der Waals surface area (Å²) in [6, 6.07) is 26.2. The van der Waals surface area contributed by atoms with Gasteiger partial charge in [-0.05, 0) is 50.2 Å². The molecular formula is C25H25N3O2S. The lowest BCUT2D eigenvalue weighted by atomic mass is 10.2. The number of hydrogen-bond acceptors (Lipinski definition) is 5. The Morgan fingerprint density at radius 1 is 0.806 bits per heavy atom. The van der Waals surface area contributed by atoms with E-state index in [1.165, 1.54) is 5.56 Å². The second-order valence-electron chi connectivity index (χ2n) is 6.94. The minimum atomic E-state index is 0.588. The third kappa shape index (κ3) is 5.27. The van der Waals surface area contributed by atoms with Crippen LogP contribution in [0.2, 0.25) is 0 Å². The van der Waals surface area contributed by atoms with Crippen LogP contribution in [-0.2, 0) is 0 Å². The fraction of sp³-hybridized carbons (Fsp3) is 0.200. The van der Waals surface area contributed by atoms with Gasteiger partial charge < -0.3 is 9.47 Å². The number of aromatic nitrogens is 3. The smallest absolute Gasteiger partial charge is 0.196 e. The van der Waals surface area contributed by atoms with Crippen molar-refractivity contribution in [1.82, 2.24) is 14.8 Å². The molecule has 0 aliphatic rings.